The Kier molecular flexibility index (Phi) is 8.51. The van der Waals surface area contributed by atoms with Crippen LogP contribution in [0.15, 0.2) is 11.6 Å². The Balaban J connectivity index is 0.00000128. The van der Waals surface area contributed by atoms with Gasteiger partial charge in [-0.15, -0.1) is 36.2 Å². The molecule has 1 atom stereocenters. The number of carbonyl (C=O) groups excluding carboxylic acids is 1. The Morgan fingerprint density at radius 3 is 3.00 bits per heavy atom. The summed E-state index contributed by atoms with van der Waals surface area (Å²) in [5.41, 5.74) is 0. The highest BCUT2D eigenvalue weighted by molar-refractivity contribution is 7.09. The molecule has 1 aliphatic heterocycles. The number of hydrogen-bond acceptors (Lipinski definition) is 4. The molecule has 0 aromatic carbocycles. The average molecular weight is 298 g/mol. The van der Waals surface area contributed by atoms with Gasteiger partial charge in [0.1, 0.15) is 5.01 Å². The smallest absolute Gasteiger partial charge is 0.221 e. The van der Waals surface area contributed by atoms with E-state index in [1.54, 1.807) is 17.5 Å². The zero-order valence-corrected chi connectivity index (χ0v) is 11.8. The van der Waals surface area contributed by atoms with Crippen LogP contribution >= 0.6 is 36.2 Å². The molecule has 2 rings (SSSR count). The fourth-order valence-corrected chi connectivity index (χ4v) is 2.30. The predicted molar refractivity (Wildman–Crippen MR) is 74.1 cm³/mol. The topological polar surface area (TPSA) is 54.0 Å². The van der Waals surface area contributed by atoms with Gasteiger partial charge in [0.15, 0.2) is 0 Å². The summed E-state index contributed by atoms with van der Waals surface area (Å²) < 4.78 is 0. The molecular weight excluding hydrogens is 281 g/mol. The molecular formula is C10H17Cl2N3OS. The van der Waals surface area contributed by atoms with E-state index < -0.39 is 0 Å². The zero-order valence-electron chi connectivity index (χ0n) is 9.35. The van der Waals surface area contributed by atoms with Crippen molar-refractivity contribution in [3.05, 3.63) is 16.6 Å². The molecule has 17 heavy (non-hydrogen) atoms. The van der Waals surface area contributed by atoms with Crippen LogP contribution in [0.25, 0.3) is 0 Å². The van der Waals surface area contributed by atoms with Gasteiger partial charge in [0.25, 0.3) is 0 Å². The molecule has 1 aliphatic rings. The molecule has 1 amide bonds. The number of aromatic nitrogens is 1. The van der Waals surface area contributed by atoms with Gasteiger partial charge in [-0.25, -0.2) is 4.98 Å². The van der Waals surface area contributed by atoms with Crippen molar-refractivity contribution < 1.29 is 4.79 Å². The molecule has 4 nitrogen and oxygen atoms in total. The van der Waals surface area contributed by atoms with Crippen molar-refractivity contribution in [1.29, 1.82) is 0 Å². The monoisotopic (exact) mass is 297 g/mol. The van der Waals surface area contributed by atoms with Gasteiger partial charge in [-0.2, -0.15) is 0 Å². The fourth-order valence-electron chi connectivity index (χ4n) is 1.74. The molecule has 2 N–H and O–H groups in total. The van der Waals surface area contributed by atoms with Gasteiger partial charge in [0, 0.05) is 24.0 Å². The molecule has 0 bridgehead atoms. The number of rotatable bonds is 4. The molecule has 7 heteroatoms. The lowest BCUT2D eigenvalue weighted by Gasteiger charge is -2.09. The lowest BCUT2D eigenvalue weighted by atomic mass is 10.1. The molecule has 0 radical (unpaired) electrons. The van der Waals surface area contributed by atoms with E-state index in [0.717, 1.165) is 18.0 Å². The van der Waals surface area contributed by atoms with Crippen molar-refractivity contribution >= 4 is 42.1 Å². The first-order valence-corrected chi connectivity index (χ1v) is 6.11. The summed E-state index contributed by atoms with van der Waals surface area (Å²) in [5, 5.41) is 9.07. The quantitative estimate of drug-likeness (QED) is 0.890. The van der Waals surface area contributed by atoms with E-state index in [0.29, 0.717) is 19.0 Å². The summed E-state index contributed by atoms with van der Waals surface area (Å²) in [4.78, 5) is 15.6. The Bertz CT molecular complexity index is 315. The van der Waals surface area contributed by atoms with Crippen LogP contribution in [0.2, 0.25) is 0 Å². The van der Waals surface area contributed by atoms with Crippen molar-refractivity contribution in [3.63, 3.8) is 0 Å². The molecule has 0 spiro atoms. The van der Waals surface area contributed by atoms with E-state index >= 15 is 0 Å². The maximum atomic E-state index is 11.5. The van der Waals surface area contributed by atoms with Crippen molar-refractivity contribution in [2.75, 3.05) is 6.54 Å². The van der Waals surface area contributed by atoms with Crippen LogP contribution in [0.3, 0.4) is 0 Å². The fraction of sp³-hybridized carbons (Fsp3) is 0.600. The van der Waals surface area contributed by atoms with E-state index in [4.69, 9.17) is 0 Å². The first-order chi connectivity index (χ1) is 7.34. The second-order valence-corrected chi connectivity index (χ2v) is 4.68. The Morgan fingerprint density at radius 1 is 1.59 bits per heavy atom. The third kappa shape index (κ3) is 5.68. The van der Waals surface area contributed by atoms with E-state index in [9.17, 15) is 4.79 Å². The minimum absolute atomic E-state index is 0. The Morgan fingerprint density at radius 2 is 2.41 bits per heavy atom. The second-order valence-electron chi connectivity index (χ2n) is 3.70. The van der Waals surface area contributed by atoms with Crippen LogP contribution in [0.5, 0.6) is 0 Å². The molecule has 2 heterocycles. The largest absolute Gasteiger partial charge is 0.350 e. The van der Waals surface area contributed by atoms with E-state index in [-0.39, 0.29) is 30.7 Å². The summed E-state index contributed by atoms with van der Waals surface area (Å²) in [6.07, 6.45) is 4.64. The van der Waals surface area contributed by atoms with Crippen LogP contribution in [0.1, 0.15) is 24.3 Å². The van der Waals surface area contributed by atoms with Crippen molar-refractivity contribution in [2.24, 2.45) is 0 Å². The lowest BCUT2D eigenvalue weighted by Crippen LogP contribution is -2.31. The van der Waals surface area contributed by atoms with Crippen LogP contribution < -0.4 is 10.6 Å². The third-order valence-electron chi connectivity index (χ3n) is 2.51. The molecule has 0 saturated carbocycles. The first-order valence-electron chi connectivity index (χ1n) is 5.23. The maximum Gasteiger partial charge on any atom is 0.221 e. The Hall–Kier alpha value is -0.360. The van der Waals surface area contributed by atoms with Gasteiger partial charge < -0.3 is 10.6 Å². The zero-order chi connectivity index (χ0) is 10.5. The van der Waals surface area contributed by atoms with E-state index in [1.807, 2.05) is 5.38 Å². The Labute approximate surface area is 117 Å². The minimum Gasteiger partial charge on any atom is -0.350 e. The third-order valence-corrected chi connectivity index (χ3v) is 3.29. The minimum atomic E-state index is 0. The normalized spacial score (nSPS) is 18.0. The summed E-state index contributed by atoms with van der Waals surface area (Å²) in [6, 6.07) is 0.376. The highest BCUT2D eigenvalue weighted by atomic mass is 35.5. The van der Waals surface area contributed by atoms with Gasteiger partial charge in [-0.3, -0.25) is 4.79 Å². The van der Waals surface area contributed by atoms with Crippen LogP contribution in [0.4, 0.5) is 0 Å². The SMILES string of the molecule is Cl.Cl.O=C(CC1CCCN1)NCc1nccs1. The molecule has 1 fully saturated rings. The average Bonchev–Trinajstić information content (AvgIpc) is 2.86. The van der Waals surface area contributed by atoms with Crippen LogP contribution in [-0.2, 0) is 11.3 Å². The highest BCUT2D eigenvalue weighted by Crippen LogP contribution is 2.08. The maximum absolute atomic E-state index is 11.5. The molecule has 0 aliphatic carbocycles. The summed E-state index contributed by atoms with van der Waals surface area (Å²) >= 11 is 1.57. The summed E-state index contributed by atoms with van der Waals surface area (Å²) in [6.45, 7) is 1.60. The van der Waals surface area contributed by atoms with Gasteiger partial charge in [-0.05, 0) is 19.4 Å². The number of hydrogen-bond donors (Lipinski definition) is 2. The van der Waals surface area contributed by atoms with Crippen molar-refractivity contribution in [3.8, 4) is 0 Å². The lowest BCUT2D eigenvalue weighted by molar-refractivity contribution is -0.121. The number of nitrogens with zero attached hydrogens (tertiary/aromatic N) is 1. The van der Waals surface area contributed by atoms with Crippen LogP contribution in [0, 0.1) is 0 Å². The molecule has 1 aromatic rings. The number of amides is 1. The van der Waals surface area contributed by atoms with Crippen molar-refractivity contribution in [2.45, 2.75) is 31.8 Å². The molecule has 1 saturated heterocycles. The summed E-state index contributed by atoms with van der Waals surface area (Å²) in [5.74, 6) is 0.115. The van der Waals surface area contributed by atoms with Gasteiger partial charge in [-0.1, -0.05) is 0 Å². The highest BCUT2D eigenvalue weighted by Gasteiger charge is 2.17. The second kappa shape index (κ2) is 8.69. The van der Waals surface area contributed by atoms with Crippen molar-refractivity contribution in [1.82, 2.24) is 15.6 Å². The number of thiazole rings is 1. The van der Waals surface area contributed by atoms with E-state index in [2.05, 4.69) is 15.6 Å². The predicted octanol–water partition coefficient (Wildman–Crippen LogP) is 1.74. The van der Waals surface area contributed by atoms with E-state index in [1.165, 1.54) is 6.42 Å². The van der Waals surface area contributed by atoms with Crippen LogP contribution in [-0.4, -0.2) is 23.5 Å². The molecule has 98 valence electrons. The van der Waals surface area contributed by atoms with Gasteiger partial charge >= 0.3 is 0 Å². The molecule has 1 aromatic heterocycles. The standard InChI is InChI=1S/C10H15N3OS.2ClH/c14-9(6-8-2-1-3-11-8)13-7-10-12-4-5-15-10;;/h4-5,8,11H,1-3,6-7H2,(H,13,14);2*1H. The summed E-state index contributed by atoms with van der Waals surface area (Å²) in [7, 11) is 0. The molecule has 1 unspecified atom stereocenters. The van der Waals surface area contributed by atoms with Gasteiger partial charge in [0.2, 0.25) is 5.91 Å². The number of nitrogens with one attached hydrogen (secondary N) is 2. The number of carbonyl (C=O) groups is 1. The first kappa shape index (κ1) is 16.6. The number of halogens is 2. The van der Waals surface area contributed by atoms with Gasteiger partial charge in [0.05, 0.1) is 6.54 Å².